The van der Waals surface area contributed by atoms with Crippen LogP contribution in [0.3, 0.4) is 0 Å². The molecule has 0 heterocycles. The highest BCUT2D eigenvalue weighted by Crippen LogP contribution is 2.52. The first-order valence-corrected chi connectivity index (χ1v) is 7.73. The van der Waals surface area contributed by atoms with E-state index in [-0.39, 0.29) is 18.1 Å². The largest absolute Gasteiger partial charge is 0.504 e. The second-order valence-electron chi connectivity index (χ2n) is 6.95. The molecular formula is C19H20O5. The molecule has 1 aromatic carbocycles. The molecule has 5 nitrogen and oxygen atoms in total. The van der Waals surface area contributed by atoms with Gasteiger partial charge < -0.3 is 14.9 Å². The van der Waals surface area contributed by atoms with Gasteiger partial charge in [0.2, 0.25) is 5.78 Å². The number of carbonyl (C=O) groups excluding carboxylic acids is 2. The fraction of sp³-hybridized carbons (Fsp3) is 0.368. The van der Waals surface area contributed by atoms with Crippen LogP contribution in [0.5, 0.6) is 5.75 Å². The van der Waals surface area contributed by atoms with Gasteiger partial charge in [0.05, 0.1) is 19.1 Å². The van der Waals surface area contributed by atoms with Crippen LogP contribution in [0.25, 0.3) is 0 Å². The van der Waals surface area contributed by atoms with Crippen molar-refractivity contribution in [2.45, 2.75) is 32.8 Å². The average Bonchev–Trinajstić information content (AvgIpc) is 2.55. The number of methoxy groups -OCH3 is 1. The number of hydrogen-bond donors (Lipinski definition) is 2. The van der Waals surface area contributed by atoms with Crippen molar-refractivity contribution in [2.24, 2.45) is 5.41 Å². The number of Topliss-reactive ketones (excluding diaryl/α,β-unsaturated/α-hetero) is 1. The van der Waals surface area contributed by atoms with Crippen molar-refractivity contribution in [3.8, 4) is 5.75 Å². The van der Waals surface area contributed by atoms with E-state index in [4.69, 9.17) is 4.74 Å². The molecule has 0 fully saturated rings. The number of rotatable bonds is 2. The lowest BCUT2D eigenvalue weighted by Crippen LogP contribution is -2.45. The van der Waals surface area contributed by atoms with Gasteiger partial charge in [0.1, 0.15) is 5.75 Å². The number of ether oxygens (including phenoxy) is 1. The summed E-state index contributed by atoms with van der Waals surface area (Å²) < 4.78 is 5.32. The van der Waals surface area contributed by atoms with Gasteiger partial charge in [-0.2, -0.15) is 0 Å². The summed E-state index contributed by atoms with van der Waals surface area (Å²) in [4.78, 5) is 25.0. The molecule has 0 unspecified atom stereocenters. The fourth-order valence-corrected chi connectivity index (χ4v) is 3.87. The van der Waals surface area contributed by atoms with Crippen LogP contribution in [0.2, 0.25) is 0 Å². The summed E-state index contributed by atoms with van der Waals surface area (Å²) in [5, 5.41) is 20.1. The molecule has 0 radical (unpaired) electrons. The van der Waals surface area contributed by atoms with Crippen LogP contribution < -0.4 is 4.74 Å². The van der Waals surface area contributed by atoms with Crippen LogP contribution in [-0.4, -0.2) is 28.9 Å². The maximum atomic E-state index is 12.7. The predicted octanol–water partition coefficient (Wildman–Crippen LogP) is 2.62. The van der Waals surface area contributed by atoms with Crippen LogP contribution in [-0.2, 0) is 16.8 Å². The fourth-order valence-electron chi connectivity index (χ4n) is 3.87. The van der Waals surface area contributed by atoms with Crippen LogP contribution in [0, 0.1) is 5.41 Å². The minimum atomic E-state index is -0.982. The molecule has 1 atom stereocenters. The van der Waals surface area contributed by atoms with E-state index in [0.717, 1.165) is 0 Å². The predicted molar refractivity (Wildman–Crippen MR) is 88.2 cm³/mol. The molecule has 2 aliphatic rings. The maximum absolute atomic E-state index is 12.7. The van der Waals surface area contributed by atoms with Crippen LogP contribution >= 0.6 is 0 Å². The van der Waals surface area contributed by atoms with Crippen molar-refractivity contribution >= 4 is 11.6 Å². The second-order valence-corrected chi connectivity index (χ2v) is 6.95. The maximum Gasteiger partial charge on any atom is 0.227 e. The van der Waals surface area contributed by atoms with Gasteiger partial charge in [-0.05, 0) is 44.5 Å². The number of ketones is 2. The monoisotopic (exact) mass is 328 g/mol. The summed E-state index contributed by atoms with van der Waals surface area (Å²) in [5.74, 6) is -0.612. The van der Waals surface area contributed by atoms with E-state index in [1.165, 1.54) is 13.2 Å². The Bertz CT molecular complexity index is 828. The highest BCUT2D eigenvalue weighted by atomic mass is 16.5. The summed E-state index contributed by atoms with van der Waals surface area (Å²) in [6, 6.07) is 3.26. The molecular weight excluding hydrogens is 308 g/mol. The Morgan fingerprint density at radius 1 is 1.17 bits per heavy atom. The summed E-state index contributed by atoms with van der Waals surface area (Å²) in [6.07, 6.45) is 3.22. The molecule has 0 saturated heterocycles. The number of carbonyl (C=O) groups is 2. The molecule has 24 heavy (non-hydrogen) atoms. The van der Waals surface area contributed by atoms with E-state index in [9.17, 15) is 19.8 Å². The van der Waals surface area contributed by atoms with Gasteiger partial charge >= 0.3 is 0 Å². The van der Waals surface area contributed by atoms with Crippen molar-refractivity contribution in [1.82, 2.24) is 0 Å². The van der Waals surface area contributed by atoms with Gasteiger partial charge in [-0.1, -0.05) is 6.08 Å². The lowest BCUT2D eigenvalue weighted by Gasteiger charge is -2.44. The second kappa shape index (κ2) is 5.05. The first kappa shape index (κ1) is 16.5. The molecule has 5 heteroatoms. The quantitative estimate of drug-likeness (QED) is 0.872. The van der Waals surface area contributed by atoms with Gasteiger partial charge in [-0.25, -0.2) is 0 Å². The molecule has 3 rings (SSSR count). The summed E-state index contributed by atoms with van der Waals surface area (Å²) in [7, 11) is 1.49. The molecule has 0 aromatic heterocycles. The molecule has 0 aliphatic heterocycles. The Hall–Kier alpha value is -2.40. The Morgan fingerprint density at radius 3 is 2.42 bits per heavy atom. The van der Waals surface area contributed by atoms with E-state index in [1.807, 2.05) is 6.92 Å². The Morgan fingerprint density at radius 2 is 1.83 bits per heavy atom. The van der Waals surface area contributed by atoms with E-state index < -0.39 is 16.6 Å². The molecule has 1 aromatic rings. The molecule has 0 amide bonds. The Labute approximate surface area is 140 Å². The van der Waals surface area contributed by atoms with Crippen molar-refractivity contribution in [3.63, 3.8) is 0 Å². The van der Waals surface area contributed by atoms with Gasteiger partial charge in [0.15, 0.2) is 11.5 Å². The highest BCUT2D eigenvalue weighted by Gasteiger charge is 2.51. The van der Waals surface area contributed by atoms with E-state index in [1.54, 1.807) is 32.1 Å². The van der Waals surface area contributed by atoms with Gasteiger partial charge in [0, 0.05) is 22.1 Å². The molecule has 0 bridgehead atoms. The normalized spacial score (nSPS) is 24.7. The molecule has 2 N–H and O–H groups in total. The summed E-state index contributed by atoms with van der Waals surface area (Å²) >= 11 is 0. The first-order valence-electron chi connectivity index (χ1n) is 7.73. The molecule has 126 valence electrons. The topological polar surface area (TPSA) is 83.8 Å². The van der Waals surface area contributed by atoms with Gasteiger partial charge in [0.25, 0.3) is 0 Å². The lowest BCUT2D eigenvalue weighted by atomic mass is 9.57. The van der Waals surface area contributed by atoms with Crippen LogP contribution in [0.4, 0.5) is 0 Å². The van der Waals surface area contributed by atoms with Crippen molar-refractivity contribution < 1.29 is 24.5 Å². The zero-order chi connectivity index (χ0) is 17.9. The third-order valence-corrected chi connectivity index (χ3v) is 5.18. The SMILES string of the molecule is COc1cc2c(cc1CO)C(=O)C(O)=C1C(C)(C)C(=O)C=C[C@@]12C. The summed E-state index contributed by atoms with van der Waals surface area (Å²) in [5.41, 5.74) is 0.0680. The number of hydrogen-bond acceptors (Lipinski definition) is 5. The van der Waals surface area contributed by atoms with Crippen molar-refractivity contribution in [1.29, 1.82) is 0 Å². The third kappa shape index (κ3) is 1.91. The first-order chi connectivity index (χ1) is 11.2. The minimum absolute atomic E-state index is 0.156. The van der Waals surface area contributed by atoms with Crippen molar-refractivity contribution in [3.05, 3.63) is 52.3 Å². The Balaban J connectivity index is 2.40. The average molecular weight is 328 g/mol. The number of allylic oxidation sites excluding steroid dienone is 4. The van der Waals surface area contributed by atoms with Gasteiger partial charge in [-0.15, -0.1) is 0 Å². The number of aliphatic hydroxyl groups excluding tert-OH is 2. The van der Waals surface area contributed by atoms with E-state index in [0.29, 0.717) is 28.0 Å². The van der Waals surface area contributed by atoms with E-state index in [2.05, 4.69) is 0 Å². The molecule has 2 aliphatic carbocycles. The van der Waals surface area contributed by atoms with Gasteiger partial charge in [-0.3, -0.25) is 9.59 Å². The smallest absolute Gasteiger partial charge is 0.227 e. The highest BCUT2D eigenvalue weighted by molar-refractivity contribution is 6.13. The zero-order valence-corrected chi connectivity index (χ0v) is 14.1. The summed E-state index contributed by atoms with van der Waals surface area (Å²) in [6.45, 7) is 5.00. The number of fused-ring (bicyclic) bond motifs is 3. The van der Waals surface area contributed by atoms with Crippen molar-refractivity contribution in [2.75, 3.05) is 7.11 Å². The third-order valence-electron chi connectivity index (χ3n) is 5.18. The standard InChI is InChI=1S/C19H20O5/c1-18(2)14(21)5-6-19(3)12-8-13(24-4)10(9-20)7-11(12)15(22)16(23)17(18)19/h5-8,20,23H,9H2,1-4H3/t19-/m1/s1. The van der Waals surface area contributed by atoms with Crippen LogP contribution in [0.1, 0.15) is 42.3 Å². The minimum Gasteiger partial charge on any atom is -0.504 e. The van der Waals surface area contributed by atoms with Crippen LogP contribution in [0.15, 0.2) is 35.6 Å². The molecule has 0 spiro atoms. The van der Waals surface area contributed by atoms with E-state index >= 15 is 0 Å². The Kier molecular flexibility index (Phi) is 3.46. The number of benzene rings is 1. The lowest BCUT2D eigenvalue weighted by molar-refractivity contribution is -0.121. The zero-order valence-electron chi connectivity index (χ0n) is 14.1. The number of aliphatic hydroxyl groups is 2. The molecule has 0 saturated carbocycles.